The average molecular weight is 272 g/mol. The SMILES string of the molecule is c1cc(CN2CCNCC2)cc(C2CCCCCC2)c1. The first-order valence-electron chi connectivity index (χ1n) is 8.44. The van der Waals surface area contributed by atoms with E-state index in [1.807, 2.05) is 0 Å². The first-order chi connectivity index (χ1) is 9.92. The maximum atomic E-state index is 3.43. The van der Waals surface area contributed by atoms with Crippen LogP contribution in [-0.4, -0.2) is 31.1 Å². The highest BCUT2D eigenvalue weighted by atomic mass is 15.2. The minimum atomic E-state index is 0.820. The predicted molar refractivity (Wildman–Crippen MR) is 85.0 cm³/mol. The van der Waals surface area contributed by atoms with Crippen molar-refractivity contribution in [2.24, 2.45) is 0 Å². The van der Waals surface area contributed by atoms with Gasteiger partial charge in [-0.1, -0.05) is 49.9 Å². The lowest BCUT2D eigenvalue weighted by molar-refractivity contribution is 0.233. The van der Waals surface area contributed by atoms with E-state index in [4.69, 9.17) is 0 Å². The second-order valence-corrected chi connectivity index (χ2v) is 6.46. The van der Waals surface area contributed by atoms with Gasteiger partial charge in [0, 0.05) is 32.7 Å². The van der Waals surface area contributed by atoms with Crippen molar-refractivity contribution in [3.8, 4) is 0 Å². The lowest BCUT2D eigenvalue weighted by atomic mass is 9.91. The lowest BCUT2D eigenvalue weighted by Crippen LogP contribution is -2.42. The van der Waals surface area contributed by atoms with Crippen LogP contribution in [0.5, 0.6) is 0 Å². The number of hydrogen-bond acceptors (Lipinski definition) is 2. The monoisotopic (exact) mass is 272 g/mol. The fourth-order valence-electron chi connectivity index (χ4n) is 3.69. The zero-order chi connectivity index (χ0) is 13.6. The summed E-state index contributed by atoms with van der Waals surface area (Å²) >= 11 is 0. The van der Waals surface area contributed by atoms with Gasteiger partial charge in [0.1, 0.15) is 0 Å². The third kappa shape index (κ3) is 3.83. The van der Waals surface area contributed by atoms with Gasteiger partial charge in [-0.3, -0.25) is 4.90 Å². The maximum absolute atomic E-state index is 3.43. The molecule has 1 aromatic carbocycles. The largest absolute Gasteiger partial charge is 0.314 e. The molecule has 1 N–H and O–H groups in total. The first kappa shape index (κ1) is 14.1. The van der Waals surface area contributed by atoms with Gasteiger partial charge in [0.2, 0.25) is 0 Å². The van der Waals surface area contributed by atoms with Gasteiger partial charge in [0.05, 0.1) is 0 Å². The highest BCUT2D eigenvalue weighted by Gasteiger charge is 2.15. The van der Waals surface area contributed by atoms with Crippen molar-refractivity contribution in [1.82, 2.24) is 10.2 Å². The molecule has 0 bridgehead atoms. The quantitative estimate of drug-likeness (QED) is 0.847. The van der Waals surface area contributed by atoms with Crippen LogP contribution in [0.1, 0.15) is 55.6 Å². The van der Waals surface area contributed by atoms with Gasteiger partial charge in [0.25, 0.3) is 0 Å². The molecule has 2 nitrogen and oxygen atoms in total. The van der Waals surface area contributed by atoms with Crippen LogP contribution in [0.4, 0.5) is 0 Å². The fraction of sp³-hybridized carbons (Fsp3) is 0.667. The van der Waals surface area contributed by atoms with E-state index >= 15 is 0 Å². The summed E-state index contributed by atoms with van der Waals surface area (Å²) in [5.74, 6) is 0.820. The molecule has 0 amide bonds. The zero-order valence-electron chi connectivity index (χ0n) is 12.6. The molecule has 1 saturated carbocycles. The van der Waals surface area contributed by atoms with E-state index in [1.165, 1.54) is 57.2 Å². The van der Waals surface area contributed by atoms with Crippen LogP contribution < -0.4 is 5.32 Å². The Morgan fingerprint density at radius 3 is 2.50 bits per heavy atom. The molecule has 0 aromatic heterocycles. The maximum Gasteiger partial charge on any atom is 0.0234 e. The van der Waals surface area contributed by atoms with Crippen molar-refractivity contribution in [2.45, 2.75) is 51.0 Å². The molecule has 2 aliphatic rings. The number of rotatable bonds is 3. The molecule has 1 aromatic rings. The Bertz CT molecular complexity index is 402. The summed E-state index contributed by atoms with van der Waals surface area (Å²) in [6.45, 7) is 5.79. The molecule has 110 valence electrons. The topological polar surface area (TPSA) is 15.3 Å². The van der Waals surface area contributed by atoms with Gasteiger partial charge in [-0.2, -0.15) is 0 Å². The van der Waals surface area contributed by atoms with Crippen molar-refractivity contribution < 1.29 is 0 Å². The Hall–Kier alpha value is -0.860. The van der Waals surface area contributed by atoms with E-state index in [1.54, 1.807) is 5.56 Å². The molecule has 0 atom stereocenters. The standard InChI is InChI=1S/C18H28N2/c1-2-4-8-17(7-3-1)18-9-5-6-16(14-18)15-20-12-10-19-11-13-20/h5-6,9,14,17,19H,1-4,7-8,10-13,15H2. The van der Waals surface area contributed by atoms with E-state index in [0.717, 1.165) is 25.6 Å². The summed E-state index contributed by atoms with van der Waals surface area (Å²) < 4.78 is 0. The van der Waals surface area contributed by atoms with Gasteiger partial charge >= 0.3 is 0 Å². The molecule has 0 unspecified atom stereocenters. The van der Waals surface area contributed by atoms with Crippen LogP contribution in [0.3, 0.4) is 0 Å². The van der Waals surface area contributed by atoms with Crippen molar-refractivity contribution in [1.29, 1.82) is 0 Å². The smallest absolute Gasteiger partial charge is 0.0234 e. The van der Waals surface area contributed by atoms with Crippen LogP contribution in [0.2, 0.25) is 0 Å². The third-order valence-corrected chi connectivity index (χ3v) is 4.89. The van der Waals surface area contributed by atoms with E-state index in [2.05, 4.69) is 34.5 Å². The molecule has 1 saturated heterocycles. The van der Waals surface area contributed by atoms with Crippen molar-refractivity contribution >= 4 is 0 Å². The Morgan fingerprint density at radius 1 is 1.00 bits per heavy atom. The minimum absolute atomic E-state index is 0.820. The van der Waals surface area contributed by atoms with Gasteiger partial charge in [-0.15, -0.1) is 0 Å². The summed E-state index contributed by atoms with van der Waals surface area (Å²) in [7, 11) is 0. The first-order valence-corrected chi connectivity index (χ1v) is 8.44. The lowest BCUT2D eigenvalue weighted by Gasteiger charge is -2.27. The molecule has 1 heterocycles. The van der Waals surface area contributed by atoms with E-state index in [9.17, 15) is 0 Å². The molecule has 1 aliphatic heterocycles. The Kier molecular flexibility index (Phi) is 5.10. The number of nitrogens with one attached hydrogen (secondary N) is 1. The highest BCUT2D eigenvalue weighted by Crippen LogP contribution is 2.32. The van der Waals surface area contributed by atoms with Crippen molar-refractivity contribution in [3.63, 3.8) is 0 Å². The molecule has 20 heavy (non-hydrogen) atoms. The summed E-state index contributed by atoms with van der Waals surface area (Å²) in [4.78, 5) is 2.57. The van der Waals surface area contributed by atoms with Crippen LogP contribution in [-0.2, 0) is 6.54 Å². The highest BCUT2D eigenvalue weighted by molar-refractivity contribution is 5.26. The van der Waals surface area contributed by atoms with E-state index in [-0.39, 0.29) is 0 Å². The van der Waals surface area contributed by atoms with Crippen LogP contribution in [0.15, 0.2) is 24.3 Å². The molecule has 0 radical (unpaired) electrons. The van der Waals surface area contributed by atoms with Gasteiger partial charge in [-0.05, 0) is 29.9 Å². The Morgan fingerprint density at radius 2 is 1.75 bits per heavy atom. The number of benzene rings is 1. The normalized spacial score (nSPS) is 22.6. The minimum Gasteiger partial charge on any atom is -0.314 e. The second-order valence-electron chi connectivity index (χ2n) is 6.46. The van der Waals surface area contributed by atoms with Crippen LogP contribution in [0, 0.1) is 0 Å². The number of piperazine rings is 1. The van der Waals surface area contributed by atoms with Gasteiger partial charge in [0.15, 0.2) is 0 Å². The summed E-state index contributed by atoms with van der Waals surface area (Å²) in [5.41, 5.74) is 3.10. The predicted octanol–water partition coefficient (Wildman–Crippen LogP) is 3.53. The number of nitrogens with zero attached hydrogens (tertiary/aromatic N) is 1. The molecular weight excluding hydrogens is 244 g/mol. The van der Waals surface area contributed by atoms with E-state index in [0.29, 0.717) is 0 Å². The fourth-order valence-corrected chi connectivity index (χ4v) is 3.69. The van der Waals surface area contributed by atoms with E-state index < -0.39 is 0 Å². The van der Waals surface area contributed by atoms with Crippen molar-refractivity contribution in [2.75, 3.05) is 26.2 Å². The summed E-state index contributed by atoms with van der Waals surface area (Å²) in [6, 6.07) is 9.43. The van der Waals surface area contributed by atoms with Crippen LogP contribution in [0.25, 0.3) is 0 Å². The molecule has 1 aliphatic carbocycles. The Balaban J connectivity index is 1.65. The Labute approximate surface area is 123 Å². The zero-order valence-corrected chi connectivity index (χ0v) is 12.6. The van der Waals surface area contributed by atoms with Gasteiger partial charge < -0.3 is 5.32 Å². The molecule has 3 rings (SSSR count). The average Bonchev–Trinajstić information content (AvgIpc) is 2.78. The molecule has 2 fully saturated rings. The molecule has 0 spiro atoms. The second kappa shape index (κ2) is 7.24. The molecule has 2 heteroatoms. The molecular formula is C18H28N2. The van der Waals surface area contributed by atoms with Crippen LogP contribution >= 0.6 is 0 Å². The summed E-state index contributed by atoms with van der Waals surface area (Å²) in [6.07, 6.45) is 8.53. The summed E-state index contributed by atoms with van der Waals surface area (Å²) in [5, 5.41) is 3.43. The third-order valence-electron chi connectivity index (χ3n) is 4.89. The van der Waals surface area contributed by atoms with Gasteiger partial charge in [-0.25, -0.2) is 0 Å². The van der Waals surface area contributed by atoms with Crippen molar-refractivity contribution in [3.05, 3.63) is 35.4 Å². The number of hydrogen-bond donors (Lipinski definition) is 1.